The molecule has 0 aromatic carbocycles. The summed E-state index contributed by atoms with van der Waals surface area (Å²) < 4.78 is 35.3. The molecule has 3 unspecified atom stereocenters. The lowest BCUT2D eigenvalue weighted by Gasteiger charge is -2.02. The van der Waals surface area contributed by atoms with Gasteiger partial charge in [-0.3, -0.25) is 4.79 Å². The van der Waals surface area contributed by atoms with E-state index in [2.05, 4.69) is 0 Å². The van der Waals surface area contributed by atoms with Crippen molar-refractivity contribution in [3.05, 3.63) is 0 Å². The summed E-state index contributed by atoms with van der Waals surface area (Å²) in [6.45, 7) is 0. The minimum Gasteiger partial charge on any atom is -0.481 e. The van der Waals surface area contributed by atoms with Crippen molar-refractivity contribution in [3.8, 4) is 0 Å². The minimum absolute atomic E-state index is 1.26. The molecule has 1 fully saturated rings. The molecule has 6 heteroatoms. The lowest BCUT2D eigenvalue weighted by atomic mass is 10.3. The molecule has 0 amide bonds. The summed E-state index contributed by atoms with van der Waals surface area (Å²) in [4.78, 5) is 10.0. The Kier molecular flexibility index (Phi) is 1.59. The molecule has 3 atom stereocenters. The van der Waals surface area contributed by atoms with Crippen LogP contribution in [0.5, 0.6) is 0 Å². The van der Waals surface area contributed by atoms with Gasteiger partial charge in [0, 0.05) is 6.04 Å². The fourth-order valence-electron chi connectivity index (χ4n) is 1.07. The quantitative estimate of drug-likeness (QED) is 0.589. The molecule has 3 nitrogen and oxygen atoms in total. The number of carbonyl (C=O) groups is 1. The topological polar surface area (TPSA) is 63.3 Å². The highest BCUT2D eigenvalue weighted by molar-refractivity contribution is 5.75. The summed E-state index contributed by atoms with van der Waals surface area (Å²) in [5, 5.41) is 8.18. The zero-order valence-corrected chi connectivity index (χ0v) is 5.30. The fraction of sp³-hybridized carbons (Fsp3) is 0.800. The first-order valence-electron chi connectivity index (χ1n) is 2.91. The Morgan fingerprint density at radius 2 is 1.91 bits per heavy atom. The van der Waals surface area contributed by atoms with Crippen molar-refractivity contribution in [3.63, 3.8) is 0 Å². The number of rotatable bonds is 1. The number of carboxylic acids is 1. The second-order valence-corrected chi connectivity index (χ2v) is 2.51. The Balaban J connectivity index is 2.62. The van der Waals surface area contributed by atoms with E-state index in [9.17, 15) is 18.0 Å². The van der Waals surface area contributed by atoms with Crippen LogP contribution in [-0.2, 0) is 4.79 Å². The Hall–Kier alpha value is -0.780. The summed E-state index contributed by atoms with van der Waals surface area (Å²) in [6, 6.07) is -1.26. The second-order valence-electron chi connectivity index (χ2n) is 2.51. The summed E-state index contributed by atoms with van der Waals surface area (Å²) >= 11 is 0. The normalized spacial score (nSPS) is 36.9. The van der Waals surface area contributed by atoms with Gasteiger partial charge in [-0.2, -0.15) is 13.2 Å². The molecule has 0 radical (unpaired) electrons. The van der Waals surface area contributed by atoms with Crippen molar-refractivity contribution in [2.45, 2.75) is 12.2 Å². The van der Waals surface area contributed by atoms with E-state index in [0.29, 0.717) is 0 Å². The molecule has 1 aliphatic carbocycles. The van der Waals surface area contributed by atoms with Crippen LogP contribution in [0.2, 0.25) is 0 Å². The molecule has 0 saturated heterocycles. The van der Waals surface area contributed by atoms with E-state index in [0.717, 1.165) is 0 Å². The number of halogens is 3. The van der Waals surface area contributed by atoms with Crippen LogP contribution in [0.1, 0.15) is 0 Å². The number of hydrogen-bond acceptors (Lipinski definition) is 2. The number of aliphatic carboxylic acids is 1. The summed E-state index contributed by atoms with van der Waals surface area (Å²) in [7, 11) is 0. The molecule has 0 bridgehead atoms. The van der Waals surface area contributed by atoms with Crippen molar-refractivity contribution in [2.75, 3.05) is 0 Å². The van der Waals surface area contributed by atoms with Gasteiger partial charge in [-0.1, -0.05) is 0 Å². The number of nitrogens with two attached hydrogens (primary N) is 1. The predicted molar refractivity (Wildman–Crippen MR) is 28.6 cm³/mol. The van der Waals surface area contributed by atoms with E-state index in [1.54, 1.807) is 0 Å². The van der Waals surface area contributed by atoms with Crippen LogP contribution in [0.25, 0.3) is 0 Å². The van der Waals surface area contributed by atoms with Crippen LogP contribution < -0.4 is 5.73 Å². The molecule has 64 valence electrons. The van der Waals surface area contributed by atoms with E-state index >= 15 is 0 Å². The lowest BCUT2D eigenvalue weighted by Crippen LogP contribution is -2.17. The third-order valence-corrected chi connectivity index (χ3v) is 1.74. The number of alkyl halides is 3. The molecule has 11 heavy (non-hydrogen) atoms. The van der Waals surface area contributed by atoms with Crippen molar-refractivity contribution in [2.24, 2.45) is 17.6 Å². The summed E-state index contributed by atoms with van der Waals surface area (Å²) in [5.41, 5.74) is 4.90. The zero-order chi connectivity index (χ0) is 8.81. The lowest BCUT2D eigenvalue weighted by molar-refractivity contribution is -0.160. The predicted octanol–water partition coefficient (Wildman–Crippen LogP) is 0.207. The molecule has 0 heterocycles. The first-order chi connectivity index (χ1) is 4.85. The molecule has 0 aliphatic heterocycles. The van der Waals surface area contributed by atoms with Crippen molar-refractivity contribution in [1.82, 2.24) is 0 Å². The van der Waals surface area contributed by atoms with Gasteiger partial charge < -0.3 is 10.8 Å². The highest BCUT2D eigenvalue weighted by Crippen LogP contribution is 2.48. The maximum atomic E-state index is 11.8. The number of hydrogen-bond donors (Lipinski definition) is 2. The number of carboxylic acid groups (broad SMARTS) is 1. The standard InChI is InChI=1S/C5H6F3NO2/c6-5(7,8)2-1(3(2)9)4(10)11/h1-3H,9H2,(H,10,11). The largest absolute Gasteiger partial charge is 0.481 e. The van der Waals surface area contributed by atoms with Gasteiger partial charge in [0.05, 0.1) is 11.8 Å². The van der Waals surface area contributed by atoms with Gasteiger partial charge in [-0.05, 0) is 0 Å². The molecule has 0 spiro atoms. The first kappa shape index (κ1) is 8.32. The molecular weight excluding hydrogens is 163 g/mol. The molecule has 0 aromatic heterocycles. The SMILES string of the molecule is NC1C(C(=O)O)C1C(F)(F)F. The molecule has 3 N–H and O–H groups in total. The van der Waals surface area contributed by atoms with Crippen molar-refractivity contribution < 1.29 is 23.1 Å². The summed E-state index contributed by atoms with van der Waals surface area (Å²) in [6.07, 6.45) is -4.47. The third kappa shape index (κ3) is 1.30. The van der Waals surface area contributed by atoms with Gasteiger partial charge in [0.1, 0.15) is 0 Å². The molecule has 1 aliphatic rings. The van der Waals surface area contributed by atoms with Crippen LogP contribution in [0.3, 0.4) is 0 Å². The van der Waals surface area contributed by atoms with Gasteiger partial charge in [0.25, 0.3) is 0 Å². The maximum Gasteiger partial charge on any atom is 0.394 e. The minimum atomic E-state index is -4.47. The van der Waals surface area contributed by atoms with E-state index in [1.807, 2.05) is 0 Å². The second kappa shape index (κ2) is 2.10. The van der Waals surface area contributed by atoms with Gasteiger partial charge >= 0.3 is 12.1 Å². The highest BCUT2D eigenvalue weighted by Gasteiger charge is 2.66. The monoisotopic (exact) mass is 169 g/mol. The van der Waals surface area contributed by atoms with Crippen LogP contribution in [0.4, 0.5) is 13.2 Å². The molecule has 1 saturated carbocycles. The molecule has 0 aromatic rings. The Bertz CT molecular complexity index is 191. The summed E-state index contributed by atoms with van der Waals surface area (Å²) in [5.74, 6) is -4.75. The Morgan fingerprint density at radius 1 is 1.45 bits per heavy atom. The van der Waals surface area contributed by atoms with Gasteiger partial charge in [-0.25, -0.2) is 0 Å². The van der Waals surface area contributed by atoms with E-state index in [1.165, 1.54) is 0 Å². The smallest absolute Gasteiger partial charge is 0.394 e. The van der Waals surface area contributed by atoms with E-state index in [4.69, 9.17) is 10.8 Å². The molecule has 1 rings (SSSR count). The Morgan fingerprint density at radius 3 is 2.00 bits per heavy atom. The van der Waals surface area contributed by atoms with Crippen molar-refractivity contribution in [1.29, 1.82) is 0 Å². The van der Waals surface area contributed by atoms with Gasteiger partial charge in [0.15, 0.2) is 0 Å². The van der Waals surface area contributed by atoms with Crippen LogP contribution >= 0.6 is 0 Å². The van der Waals surface area contributed by atoms with E-state index < -0.39 is 30.0 Å². The Labute approximate surface area is 60.0 Å². The van der Waals surface area contributed by atoms with Gasteiger partial charge in [-0.15, -0.1) is 0 Å². The fourth-order valence-corrected chi connectivity index (χ4v) is 1.07. The highest BCUT2D eigenvalue weighted by atomic mass is 19.4. The van der Waals surface area contributed by atoms with Crippen molar-refractivity contribution >= 4 is 5.97 Å². The maximum absolute atomic E-state index is 11.8. The van der Waals surface area contributed by atoms with Gasteiger partial charge in [0.2, 0.25) is 0 Å². The zero-order valence-electron chi connectivity index (χ0n) is 5.30. The van der Waals surface area contributed by atoms with Crippen LogP contribution in [-0.4, -0.2) is 23.3 Å². The average Bonchev–Trinajstić information content (AvgIpc) is 2.38. The van der Waals surface area contributed by atoms with E-state index in [-0.39, 0.29) is 0 Å². The third-order valence-electron chi connectivity index (χ3n) is 1.74. The molecular formula is C5H6F3NO2. The first-order valence-corrected chi connectivity index (χ1v) is 2.91. The van der Waals surface area contributed by atoms with Crippen LogP contribution in [0, 0.1) is 11.8 Å². The average molecular weight is 169 g/mol. The van der Waals surface area contributed by atoms with Crippen LogP contribution in [0.15, 0.2) is 0 Å².